The van der Waals surface area contributed by atoms with E-state index < -0.39 is 0 Å². The van der Waals surface area contributed by atoms with Gasteiger partial charge in [-0.3, -0.25) is 9.89 Å². The number of hydrogen-bond donors (Lipinski definition) is 2. The summed E-state index contributed by atoms with van der Waals surface area (Å²) in [4.78, 5) is 14.5. The predicted molar refractivity (Wildman–Crippen MR) is 136 cm³/mol. The summed E-state index contributed by atoms with van der Waals surface area (Å²) in [5.74, 6) is 0.294. The van der Waals surface area contributed by atoms with Crippen molar-refractivity contribution in [1.29, 1.82) is 0 Å². The Kier molecular flexibility index (Phi) is 7.25. The highest BCUT2D eigenvalue weighted by Crippen LogP contribution is 2.24. The van der Waals surface area contributed by atoms with Gasteiger partial charge in [0, 0.05) is 35.9 Å². The second kappa shape index (κ2) is 10.7. The summed E-state index contributed by atoms with van der Waals surface area (Å²) >= 11 is 6.19. The summed E-state index contributed by atoms with van der Waals surface area (Å²) in [6.45, 7) is 0.354. The van der Waals surface area contributed by atoms with E-state index in [4.69, 9.17) is 16.3 Å². The maximum Gasteiger partial charge on any atom is 0.289 e. The van der Waals surface area contributed by atoms with Gasteiger partial charge in [-0.15, -0.1) is 0 Å². The van der Waals surface area contributed by atoms with Crippen molar-refractivity contribution in [2.24, 2.45) is 5.10 Å². The molecule has 0 atom stereocenters. The highest BCUT2D eigenvalue weighted by molar-refractivity contribution is 6.31. The molecule has 7 nitrogen and oxygen atoms in total. The number of benzene rings is 3. The fourth-order valence-corrected chi connectivity index (χ4v) is 3.38. The van der Waals surface area contributed by atoms with Gasteiger partial charge in [-0.25, -0.2) is 5.43 Å². The van der Waals surface area contributed by atoms with Crippen LogP contribution >= 0.6 is 11.6 Å². The molecule has 1 aromatic heterocycles. The van der Waals surface area contributed by atoms with Crippen LogP contribution in [0.1, 0.15) is 21.6 Å². The fraction of sp³-hybridized carbons (Fsp3) is 0.115. The van der Waals surface area contributed by atoms with E-state index >= 15 is 0 Å². The van der Waals surface area contributed by atoms with Gasteiger partial charge in [0.05, 0.1) is 11.9 Å². The number of carbonyl (C=O) groups is 1. The van der Waals surface area contributed by atoms with Gasteiger partial charge < -0.3 is 9.64 Å². The lowest BCUT2D eigenvalue weighted by molar-refractivity contribution is 0.0950. The van der Waals surface area contributed by atoms with Crippen LogP contribution in [-0.2, 0) is 6.61 Å². The highest BCUT2D eigenvalue weighted by Gasteiger charge is 2.11. The number of aromatic nitrogens is 2. The van der Waals surface area contributed by atoms with Crippen LogP contribution in [0.15, 0.2) is 84.0 Å². The highest BCUT2D eigenvalue weighted by atomic mass is 35.5. The smallest absolute Gasteiger partial charge is 0.289 e. The number of nitrogens with zero attached hydrogens (tertiary/aromatic N) is 3. The number of carbonyl (C=O) groups excluding carboxylic acids is 1. The Balaban J connectivity index is 1.37. The number of ether oxygens (including phenoxy) is 1. The normalized spacial score (nSPS) is 10.9. The standard InChI is InChI=1S/C26H24ClN5O2/c1-32(2)21-12-10-18(11-13-21)16-28-31-26(33)25-15-24(29-30-25)19-7-5-8-22(14-19)34-17-20-6-3-4-9-23(20)27/h3-16H,17H2,1-2H3,(H,29,30)(H,31,33)/b28-16+. The molecular formula is C26H24ClN5O2. The van der Waals surface area contributed by atoms with E-state index in [-0.39, 0.29) is 5.91 Å². The summed E-state index contributed by atoms with van der Waals surface area (Å²) in [5, 5.41) is 11.7. The Bertz CT molecular complexity index is 1300. The summed E-state index contributed by atoms with van der Waals surface area (Å²) < 4.78 is 5.88. The number of halogens is 1. The molecule has 0 radical (unpaired) electrons. The molecule has 1 heterocycles. The van der Waals surface area contributed by atoms with Crippen LogP contribution in [0.3, 0.4) is 0 Å². The van der Waals surface area contributed by atoms with Crippen LogP contribution < -0.4 is 15.1 Å². The van der Waals surface area contributed by atoms with Crippen molar-refractivity contribution in [3.63, 3.8) is 0 Å². The molecule has 0 saturated heterocycles. The molecule has 34 heavy (non-hydrogen) atoms. The van der Waals surface area contributed by atoms with E-state index in [2.05, 4.69) is 20.7 Å². The quantitative estimate of drug-likeness (QED) is 0.274. The molecular weight excluding hydrogens is 450 g/mol. The van der Waals surface area contributed by atoms with Crippen molar-refractivity contribution in [3.05, 3.63) is 101 Å². The molecule has 0 saturated carbocycles. The van der Waals surface area contributed by atoms with Crippen LogP contribution in [0.2, 0.25) is 5.02 Å². The van der Waals surface area contributed by atoms with Crippen molar-refractivity contribution < 1.29 is 9.53 Å². The molecule has 172 valence electrons. The van der Waals surface area contributed by atoms with E-state index in [0.29, 0.717) is 28.8 Å². The third-order valence-corrected chi connectivity index (χ3v) is 5.46. The third-order valence-electron chi connectivity index (χ3n) is 5.09. The Labute approximate surface area is 203 Å². The molecule has 4 aromatic rings. The van der Waals surface area contributed by atoms with Crippen molar-refractivity contribution in [1.82, 2.24) is 15.6 Å². The summed E-state index contributed by atoms with van der Waals surface area (Å²) in [6, 6.07) is 24.5. The summed E-state index contributed by atoms with van der Waals surface area (Å²) in [7, 11) is 3.96. The van der Waals surface area contributed by atoms with Gasteiger partial charge in [0.2, 0.25) is 0 Å². The number of hydrogen-bond acceptors (Lipinski definition) is 5. The summed E-state index contributed by atoms with van der Waals surface area (Å²) in [5.41, 5.74) is 7.13. The molecule has 0 aliphatic carbocycles. The molecule has 8 heteroatoms. The Morgan fingerprint density at radius 3 is 2.65 bits per heavy atom. The number of hydrazone groups is 1. The van der Waals surface area contributed by atoms with Gasteiger partial charge >= 0.3 is 0 Å². The van der Waals surface area contributed by atoms with Crippen molar-refractivity contribution in [2.45, 2.75) is 6.61 Å². The zero-order chi connectivity index (χ0) is 23.9. The number of H-pyrrole nitrogens is 1. The minimum Gasteiger partial charge on any atom is -0.489 e. The van der Waals surface area contributed by atoms with Crippen molar-refractivity contribution >= 4 is 29.4 Å². The van der Waals surface area contributed by atoms with Gasteiger partial charge in [-0.05, 0) is 42.0 Å². The van der Waals surface area contributed by atoms with E-state index in [1.165, 1.54) is 0 Å². The van der Waals surface area contributed by atoms with Gasteiger partial charge in [0.1, 0.15) is 18.1 Å². The molecule has 1 amide bonds. The first-order chi connectivity index (χ1) is 16.5. The first-order valence-corrected chi connectivity index (χ1v) is 11.0. The Hall–Kier alpha value is -4.10. The minimum atomic E-state index is -0.383. The molecule has 0 aliphatic heterocycles. The van der Waals surface area contributed by atoms with Crippen LogP contribution in [0.25, 0.3) is 11.3 Å². The van der Waals surface area contributed by atoms with E-state index in [0.717, 1.165) is 22.4 Å². The first kappa shape index (κ1) is 23.1. The second-order valence-electron chi connectivity index (χ2n) is 7.76. The number of anilines is 1. The van der Waals surface area contributed by atoms with Crippen molar-refractivity contribution in [2.75, 3.05) is 19.0 Å². The molecule has 3 aromatic carbocycles. The van der Waals surface area contributed by atoms with Crippen LogP contribution in [0.4, 0.5) is 5.69 Å². The van der Waals surface area contributed by atoms with E-state index in [9.17, 15) is 4.79 Å². The number of aromatic amines is 1. The SMILES string of the molecule is CN(C)c1ccc(/C=N/NC(=O)c2cc(-c3cccc(OCc4ccccc4Cl)c3)n[nH]2)cc1. The number of nitrogens with one attached hydrogen (secondary N) is 2. The lowest BCUT2D eigenvalue weighted by atomic mass is 10.1. The second-order valence-corrected chi connectivity index (χ2v) is 8.17. The molecule has 0 fully saturated rings. The predicted octanol–water partition coefficient (Wildman–Crippen LogP) is 5.14. The number of amides is 1. The zero-order valence-electron chi connectivity index (χ0n) is 18.8. The average molecular weight is 474 g/mol. The zero-order valence-corrected chi connectivity index (χ0v) is 19.6. The van der Waals surface area contributed by atoms with Gasteiger partial charge in [0.15, 0.2) is 0 Å². The van der Waals surface area contributed by atoms with Crippen LogP contribution in [0.5, 0.6) is 5.75 Å². The largest absolute Gasteiger partial charge is 0.489 e. The average Bonchev–Trinajstić information content (AvgIpc) is 3.35. The molecule has 0 spiro atoms. The maximum atomic E-state index is 12.4. The van der Waals surface area contributed by atoms with E-state index in [1.54, 1.807) is 12.3 Å². The van der Waals surface area contributed by atoms with Crippen LogP contribution in [-0.4, -0.2) is 36.4 Å². The van der Waals surface area contributed by atoms with Gasteiger partial charge in [-0.2, -0.15) is 10.2 Å². The van der Waals surface area contributed by atoms with Crippen LogP contribution in [0, 0.1) is 0 Å². The monoisotopic (exact) mass is 473 g/mol. The van der Waals surface area contributed by atoms with Gasteiger partial charge in [-0.1, -0.05) is 54.1 Å². The molecule has 0 unspecified atom stereocenters. The van der Waals surface area contributed by atoms with Crippen molar-refractivity contribution in [3.8, 4) is 17.0 Å². The number of rotatable bonds is 8. The van der Waals surface area contributed by atoms with Gasteiger partial charge in [0.25, 0.3) is 5.91 Å². The minimum absolute atomic E-state index is 0.303. The molecule has 0 aliphatic rings. The summed E-state index contributed by atoms with van der Waals surface area (Å²) in [6.07, 6.45) is 1.59. The third kappa shape index (κ3) is 5.82. The molecule has 4 rings (SSSR count). The molecule has 2 N–H and O–H groups in total. The Morgan fingerprint density at radius 2 is 1.88 bits per heavy atom. The lowest BCUT2D eigenvalue weighted by Gasteiger charge is -2.11. The molecule has 0 bridgehead atoms. The first-order valence-electron chi connectivity index (χ1n) is 10.6. The topological polar surface area (TPSA) is 82.6 Å². The van der Waals surface area contributed by atoms with E-state index in [1.807, 2.05) is 91.8 Å². The Morgan fingerprint density at radius 1 is 1.09 bits per heavy atom. The maximum absolute atomic E-state index is 12.4. The lowest BCUT2D eigenvalue weighted by Crippen LogP contribution is -2.18. The fourth-order valence-electron chi connectivity index (χ4n) is 3.19.